The third-order valence-electron chi connectivity index (χ3n) is 3.71. The molecular weight excluding hydrogens is 285 g/mol. The Morgan fingerprint density at radius 2 is 1.86 bits per heavy atom. The Hall–Kier alpha value is -1.38. The molecule has 0 amide bonds. The molecule has 2 aromatic carbocycles. The summed E-state index contributed by atoms with van der Waals surface area (Å²) in [5, 5.41) is 4.29. The zero-order valence-corrected chi connectivity index (χ0v) is 13.4. The van der Waals surface area contributed by atoms with Gasteiger partial charge in [-0.3, -0.25) is 0 Å². The van der Waals surface area contributed by atoms with Gasteiger partial charge in [0.1, 0.15) is 5.82 Å². The molecule has 3 heteroatoms. The van der Waals surface area contributed by atoms with Gasteiger partial charge in [-0.15, -0.1) is 0 Å². The number of hydrogen-bond acceptors (Lipinski definition) is 1. The molecule has 0 radical (unpaired) electrons. The molecule has 0 heterocycles. The van der Waals surface area contributed by atoms with Crippen molar-refractivity contribution < 1.29 is 4.39 Å². The minimum Gasteiger partial charge on any atom is -0.307 e. The molecule has 2 rings (SSSR count). The quantitative estimate of drug-likeness (QED) is 0.813. The van der Waals surface area contributed by atoms with Gasteiger partial charge in [0, 0.05) is 17.1 Å². The van der Waals surface area contributed by atoms with Gasteiger partial charge < -0.3 is 5.32 Å². The van der Waals surface area contributed by atoms with E-state index in [-0.39, 0.29) is 17.9 Å². The Balaban J connectivity index is 2.00. The largest absolute Gasteiger partial charge is 0.307 e. The van der Waals surface area contributed by atoms with Crippen LogP contribution in [0.15, 0.2) is 42.5 Å². The van der Waals surface area contributed by atoms with E-state index in [0.29, 0.717) is 5.56 Å². The number of nitrogens with one attached hydrogen (secondary N) is 1. The fraction of sp³-hybridized carbons (Fsp3) is 0.333. The lowest BCUT2D eigenvalue weighted by molar-refractivity contribution is 0.475. The van der Waals surface area contributed by atoms with Crippen molar-refractivity contribution in [3.05, 3.63) is 70.0 Å². The Bertz CT molecular complexity index is 612. The SMILES string of the molecule is Cc1ccc(C(C)NC(C)Cc2ccccc2Cl)cc1F. The zero-order valence-electron chi connectivity index (χ0n) is 12.7. The summed E-state index contributed by atoms with van der Waals surface area (Å²) in [7, 11) is 0. The number of benzene rings is 2. The van der Waals surface area contributed by atoms with E-state index in [1.54, 1.807) is 13.0 Å². The van der Waals surface area contributed by atoms with Crippen LogP contribution in [0.1, 0.15) is 36.6 Å². The Morgan fingerprint density at radius 1 is 1.14 bits per heavy atom. The van der Waals surface area contributed by atoms with E-state index in [9.17, 15) is 4.39 Å². The first-order valence-corrected chi connectivity index (χ1v) is 7.60. The lowest BCUT2D eigenvalue weighted by atomic mass is 10.0. The van der Waals surface area contributed by atoms with E-state index in [4.69, 9.17) is 11.6 Å². The molecule has 2 unspecified atom stereocenters. The van der Waals surface area contributed by atoms with Gasteiger partial charge in [-0.05, 0) is 56.0 Å². The maximum atomic E-state index is 13.6. The van der Waals surface area contributed by atoms with Gasteiger partial charge in [0.15, 0.2) is 0 Å². The molecule has 0 bridgehead atoms. The highest BCUT2D eigenvalue weighted by Gasteiger charge is 2.12. The molecule has 1 nitrogen and oxygen atoms in total. The molecule has 21 heavy (non-hydrogen) atoms. The van der Waals surface area contributed by atoms with Crippen LogP contribution in [0.4, 0.5) is 4.39 Å². The van der Waals surface area contributed by atoms with Gasteiger partial charge in [0.2, 0.25) is 0 Å². The summed E-state index contributed by atoms with van der Waals surface area (Å²) in [6.45, 7) is 5.94. The lowest BCUT2D eigenvalue weighted by Gasteiger charge is -2.21. The van der Waals surface area contributed by atoms with Gasteiger partial charge in [0.05, 0.1) is 0 Å². The molecule has 2 aromatic rings. The monoisotopic (exact) mass is 305 g/mol. The molecule has 112 valence electrons. The molecule has 0 aliphatic carbocycles. The standard InChI is InChI=1S/C18H21ClFN/c1-12-8-9-15(11-18(12)20)14(3)21-13(2)10-16-6-4-5-7-17(16)19/h4-9,11,13-14,21H,10H2,1-3H3. The summed E-state index contributed by atoms with van der Waals surface area (Å²) in [5.74, 6) is -0.153. The van der Waals surface area contributed by atoms with E-state index in [1.165, 1.54) is 0 Å². The van der Waals surface area contributed by atoms with Crippen LogP contribution in [0, 0.1) is 12.7 Å². The molecule has 0 fully saturated rings. The molecule has 2 atom stereocenters. The van der Waals surface area contributed by atoms with Crippen LogP contribution in [0.25, 0.3) is 0 Å². The van der Waals surface area contributed by atoms with E-state index < -0.39 is 0 Å². The first kappa shape index (κ1) is 16.0. The highest BCUT2D eigenvalue weighted by Crippen LogP contribution is 2.20. The molecule has 1 N–H and O–H groups in total. The Morgan fingerprint density at radius 3 is 2.52 bits per heavy atom. The van der Waals surface area contributed by atoms with Crippen LogP contribution in [-0.4, -0.2) is 6.04 Å². The van der Waals surface area contributed by atoms with Crippen LogP contribution in [0.3, 0.4) is 0 Å². The fourth-order valence-electron chi connectivity index (χ4n) is 2.45. The zero-order chi connectivity index (χ0) is 15.4. The summed E-state index contributed by atoms with van der Waals surface area (Å²) in [6.07, 6.45) is 0.846. The molecule has 0 aliphatic rings. The Kier molecular flexibility index (Phi) is 5.38. The smallest absolute Gasteiger partial charge is 0.126 e. The minimum absolute atomic E-state index is 0.0950. The third-order valence-corrected chi connectivity index (χ3v) is 4.08. The summed E-state index contributed by atoms with van der Waals surface area (Å²) < 4.78 is 13.6. The number of rotatable bonds is 5. The second-order valence-electron chi connectivity index (χ2n) is 5.59. The summed E-state index contributed by atoms with van der Waals surface area (Å²) in [4.78, 5) is 0. The van der Waals surface area contributed by atoms with Crippen molar-refractivity contribution in [3.63, 3.8) is 0 Å². The van der Waals surface area contributed by atoms with Crippen molar-refractivity contribution in [2.24, 2.45) is 0 Å². The van der Waals surface area contributed by atoms with E-state index in [1.807, 2.05) is 43.3 Å². The van der Waals surface area contributed by atoms with Crippen molar-refractivity contribution in [1.29, 1.82) is 0 Å². The van der Waals surface area contributed by atoms with Crippen LogP contribution < -0.4 is 5.32 Å². The van der Waals surface area contributed by atoms with Gasteiger partial charge in [-0.1, -0.05) is 41.9 Å². The van der Waals surface area contributed by atoms with Crippen molar-refractivity contribution in [3.8, 4) is 0 Å². The molecule has 0 spiro atoms. The second kappa shape index (κ2) is 7.06. The van der Waals surface area contributed by atoms with E-state index >= 15 is 0 Å². The maximum absolute atomic E-state index is 13.6. The third kappa shape index (κ3) is 4.29. The number of aryl methyl sites for hydroxylation is 1. The number of halogens is 2. The van der Waals surface area contributed by atoms with Gasteiger partial charge in [0.25, 0.3) is 0 Å². The molecular formula is C18H21ClFN. The van der Waals surface area contributed by atoms with E-state index in [0.717, 1.165) is 22.6 Å². The second-order valence-corrected chi connectivity index (χ2v) is 6.00. The van der Waals surface area contributed by atoms with Gasteiger partial charge in [-0.25, -0.2) is 4.39 Å². The molecule has 0 aromatic heterocycles. The van der Waals surface area contributed by atoms with Gasteiger partial charge in [-0.2, -0.15) is 0 Å². The summed E-state index contributed by atoms with van der Waals surface area (Å²) in [6, 6.07) is 13.6. The predicted molar refractivity (Wildman–Crippen MR) is 87.3 cm³/mol. The van der Waals surface area contributed by atoms with Crippen LogP contribution in [-0.2, 0) is 6.42 Å². The topological polar surface area (TPSA) is 12.0 Å². The Labute approximate surface area is 131 Å². The average molecular weight is 306 g/mol. The molecule has 0 aliphatic heterocycles. The van der Waals surface area contributed by atoms with E-state index in [2.05, 4.69) is 12.2 Å². The van der Waals surface area contributed by atoms with Crippen LogP contribution in [0.5, 0.6) is 0 Å². The van der Waals surface area contributed by atoms with Crippen molar-refractivity contribution >= 4 is 11.6 Å². The average Bonchev–Trinajstić information content (AvgIpc) is 2.44. The maximum Gasteiger partial charge on any atom is 0.126 e. The summed E-state index contributed by atoms with van der Waals surface area (Å²) in [5.41, 5.74) is 2.76. The lowest BCUT2D eigenvalue weighted by Crippen LogP contribution is -2.30. The van der Waals surface area contributed by atoms with Crippen LogP contribution in [0.2, 0.25) is 5.02 Å². The normalized spacial score (nSPS) is 14.0. The van der Waals surface area contributed by atoms with Gasteiger partial charge >= 0.3 is 0 Å². The minimum atomic E-state index is -0.153. The summed E-state index contributed by atoms with van der Waals surface area (Å²) >= 11 is 6.18. The predicted octanol–water partition coefficient (Wildman–Crippen LogP) is 5.07. The first-order valence-electron chi connectivity index (χ1n) is 7.23. The van der Waals surface area contributed by atoms with Crippen molar-refractivity contribution in [2.45, 2.75) is 39.3 Å². The number of hydrogen-bond donors (Lipinski definition) is 1. The molecule has 0 saturated heterocycles. The van der Waals surface area contributed by atoms with Crippen molar-refractivity contribution in [1.82, 2.24) is 5.32 Å². The molecule has 0 saturated carbocycles. The van der Waals surface area contributed by atoms with Crippen LogP contribution >= 0.6 is 11.6 Å². The highest BCUT2D eigenvalue weighted by molar-refractivity contribution is 6.31. The fourth-order valence-corrected chi connectivity index (χ4v) is 2.67. The van der Waals surface area contributed by atoms with Crippen molar-refractivity contribution in [2.75, 3.05) is 0 Å². The first-order chi connectivity index (χ1) is 9.97. The highest BCUT2D eigenvalue weighted by atomic mass is 35.5.